The topological polar surface area (TPSA) is 35.2 Å². The Bertz CT molecular complexity index is 98.4. The fourth-order valence-corrected chi connectivity index (χ4v) is 0.486. The lowest BCUT2D eigenvalue weighted by atomic mass is 10.1. The normalized spacial score (nSPS) is 14.5. The highest BCUT2D eigenvalue weighted by Crippen LogP contribution is 2.00. The zero-order valence-electron chi connectivity index (χ0n) is 6.89. The zero-order valence-corrected chi connectivity index (χ0v) is 6.89. The van der Waals surface area contributed by atoms with Gasteiger partial charge in [-0.05, 0) is 5.92 Å². The summed E-state index contributed by atoms with van der Waals surface area (Å²) in [4.78, 5) is 0. The van der Waals surface area contributed by atoms with Gasteiger partial charge in [0, 0.05) is 6.04 Å². The lowest BCUT2D eigenvalue weighted by Gasteiger charge is -2.14. The van der Waals surface area contributed by atoms with Crippen LogP contribution in [0.2, 0.25) is 0 Å². The van der Waals surface area contributed by atoms with Crippen molar-refractivity contribution in [3.8, 4) is 0 Å². The molecule has 1 atom stereocenters. The van der Waals surface area contributed by atoms with Crippen molar-refractivity contribution in [1.29, 1.82) is 0 Å². The van der Waals surface area contributed by atoms with Crippen LogP contribution in [0.5, 0.6) is 0 Å². The maximum absolute atomic E-state index is 11.5. The number of nitrogens with two attached hydrogens (primary N) is 1. The van der Waals surface area contributed by atoms with E-state index in [0.29, 0.717) is 0 Å². The summed E-state index contributed by atoms with van der Waals surface area (Å²) < 4.78 is 27.7. The number of rotatable bonds is 5. The van der Waals surface area contributed by atoms with Crippen LogP contribution in [0.4, 0.5) is 8.78 Å². The van der Waals surface area contributed by atoms with Crippen molar-refractivity contribution in [1.82, 2.24) is 0 Å². The second-order valence-corrected chi connectivity index (χ2v) is 2.84. The van der Waals surface area contributed by atoms with E-state index in [4.69, 9.17) is 5.73 Å². The molecule has 68 valence electrons. The van der Waals surface area contributed by atoms with Crippen molar-refractivity contribution in [3.05, 3.63) is 0 Å². The average Bonchev–Trinajstić information content (AvgIpc) is 1.86. The molecule has 1 unspecified atom stereocenters. The van der Waals surface area contributed by atoms with Crippen LogP contribution in [-0.4, -0.2) is 25.7 Å². The van der Waals surface area contributed by atoms with Gasteiger partial charge in [0.05, 0.1) is 6.61 Å². The largest absolute Gasteiger partial charge is 0.374 e. The highest BCUT2D eigenvalue weighted by molar-refractivity contribution is 4.63. The van der Waals surface area contributed by atoms with Crippen molar-refractivity contribution in [3.63, 3.8) is 0 Å². The molecule has 0 bridgehead atoms. The molecule has 4 heteroatoms. The summed E-state index contributed by atoms with van der Waals surface area (Å²) in [6.07, 6.45) is -2.39. The van der Waals surface area contributed by atoms with Gasteiger partial charge in [-0.25, -0.2) is 8.78 Å². The van der Waals surface area contributed by atoms with Crippen molar-refractivity contribution in [2.24, 2.45) is 11.7 Å². The second kappa shape index (κ2) is 5.43. The molecule has 0 saturated carbocycles. The average molecular weight is 167 g/mol. The van der Waals surface area contributed by atoms with Crippen molar-refractivity contribution in [2.75, 3.05) is 13.2 Å². The molecule has 0 aliphatic carbocycles. The number of hydrogen-bond donors (Lipinski definition) is 1. The monoisotopic (exact) mass is 167 g/mol. The highest BCUT2D eigenvalue weighted by atomic mass is 19.3. The van der Waals surface area contributed by atoms with Crippen LogP contribution in [0.15, 0.2) is 0 Å². The molecular formula is C7H15F2NO. The number of halogens is 2. The van der Waals surface area contributed by atoms with Gasteiger partial charge >= 0.3 is 0 Å². The second-order valence-electron chi connectivity index (χ2n) is 2.84. The molecule has 0 spiro atoms. The number of alkyl halides is 2. The van der Waals surface area contributed by atoms with Gasteiger partial charge in [-0.3, -0.25) is 0 Å². The molecule has 0 aliphatic heterocycles. The molecule has 0 radical (unpaired) electrons. The van der Waals surface area contributed by atoms with Crippen LogP contribution in [0, 0.1) is 5.92 Å². The summed E-state index contributed by atoms with van der Waals surface area (Å²) in [5, 5.41) is 0. The van der Waals surface area contributed by atoms with E-state index in [9.17, 15) is 8.78 Å². The minimum Gasteiger partial charge on any atom is -0.374 e. The third-order valence-electron chi connectivity index (χ3n) is 1.41. The van der Waals surface area contributed by atoms with Gasteiger partial charge in [0.15, 0.2) is 0 Å². The Morgan fingerprint density at radius 1 is 1.27 bits per heavy atom. The Labute approximate surface area is 65.7 Å². The predicted octanol–water partition coefficient (Wildman–Crippen LogP) is 1.25. The van der Waals surface area contributed by atoms with Gasteiger partial charge in [0.25, 0.3) is 6.43 Å². The molecule has 2 nitrogen and oxygen atoms in total. The maximum atomic E-state index is 11.5. The van der Waals surface area contributed by atoms with Crippen molar-refractivity contribution < 1.29 is 13.5 Å². The van der Waals surface area contributed by atoms with Crippen LogP contribution in [0.3, 0.4) is 0 Å². The van der Waals surface area contributed by atoms with Gasteiger partial charge in [-0.15, -0.1) is 0 Å². The quantitative estimate of drug-likeness (QED) is 0.668. The van der Waals surface area contributed by atoms with Gasteiger partial charge in [-0.2, -0.15) is 0 Å². The molecule has 0 aliphatic rings. The summed E-state index contributed by atoms with van der Waals surface area (Å²) in [6, 6.07) is -0.145. The maximum Gasteiger partial charge on any atom is 0.261 e. The van der Waals surface area contributed by atoms with Gasteiger partial charge in [0.1, 0.15) is 6.61 Å². The van der Waals surface area contributed by atoms with E-state index < -0.39 is 13.0 Å². The van der Waals surface area contributed by atoms with E-state index in [1.54, 1.807) is 0 Å². The SMILES string of the molecule is CC(C)C(N)COCC(F)F. The minimum atomic E-state index is -2.39. The predicted molar refractivity (Wildman–Crippen MR) is 39.6 cm³/mol. The Kier molecular flexibility index (Phi) is 5.32. The lowest BCUT2D eigenvalue weighted by molar-refractivity contribution is 0.00907. The van der Waals surface area contributed by atoms with Gasteiger partial charge in [-0.1, -0.05) is 13.8 Å². The molecule has 0 heterocycles. The van der Waals surface area contributed by atoms with Gasteiger partial charge in [0.2, 0.25) is 0 Å². The van der Waals surface area contributed by atoms with Crippen LogP contribution >= 0.6 is 0 Å². The van der Waals surface area contributed by atoms with E-state index in [2.05, 4.69) is 4.74 Å². The smallest absolute Gasteiger partial charge is 0.261 e. The first-order valence-electron chi connectivity index (χ1n) is 3.65. The highest BCUT2D eigenvalue weighted by Gasteiger charge is 2.09. The number of ether oxygens (including phenoxy) is 1. The minimum absolute atomic E-state index is 0.145. The first kappa shape index (κ1) is 10.8. The number of hydrogen-bond acceptors (Lipinski definition) is 2. The molecule has 0 aromatic carbocycles. The molecular weight excluding hydrogens is 152 g/mol. The van der Waals surface area contributed by atoms with E-state index in [-0.39, 0.29) is 18.6 Å². The standard InChI is InChI=1S/C7H15F2NO/c1-5(2)6(10)3-11-4-7(8)9/h5-7H,3-4,10H2,1-2H3. The summed E-state index contributed by atoms with van der Waals surface area (Å²) in [7, 11) is 0. The van der Waals surface area contributed by atoms with Crippen LogP contribution in [0.25, 0.3) is 0 Å². The van der Waals surface area contributed by atoms with Gasteiger partial charge < -0.3 is 10.5 Å². The molecule has 0 aromatic heterocycles. The third kappa shape index (κ3) is 6.19. The van der Waals surface area contributed by atoms with E-state index in [1.807, 2.05) is 13.8 Å². The molecule has 2 N–H and O–H groups in total. The summed E-state index contributed by atoms with van der Waals surface area (Å²) in [5.41, 5.74) is 5.53. The van der Waals surface area contributed by atoms with Crippen molar-refractivity contribution in [2.45, 2.75) is 26.3 Å². The van der Waals surface area contributed by atoms with Crippen molar-refractivity contribution >= 4 is 0 Å². The van der Waals surface area contributed by atoms with Crippen LogP contribution < -0.4 is 5.73 Å². The molecule has 0 saturated heterocycles. The Balaban J connectivity index is 3.24. The molecule has 0 aromatic rings. The van der Waals surface area contributed by atoms with E-state index >= 15 is 0 Å². The third-order valence-corrected chi connectivity index (χ3v) is 1.41. The first-order chi connectivity index (χ1) is 5.04. The fourth-order valence-electron chi connectivity index (χ4n) is 0.486. The van der Waals surface area contributed by atoms with E-state index in [1.165, 1.54) is 0 Å². The molecule has 0 fully saturated rings. The zero-order chi connectivity index (χ0) is 8.85. The van der Waals surface area contributed by atoms with Crippen LogP contribution in [-0.2, 0) is 4.74 Å². The van der Waals surface area contributed by atoms with Crippen LogP contribution in [0.1, 0.15) is 13.8 Å². The summed E-state index contributed by atoms with van der Waals surface area (Å²) in [5.74, 6) is 0.271. The Morgan fingerprint density at radius 2 is 1.82 bits per heavy atom. The molecule has 11 heavy (non-hydrogen) atoms. The molecule has 0 rings (SSSR count). The summed E-state index contributed by atoms with van der Waals surface area (Å²) >= 11 is 0. The molecule has 0 amide bonds. The fraction of sp³-hybridized carbons (Fsp3) is 1.00. The Hall–Kier alpha value is -0.220. The van der Waals surface area contributed by atoms with E-state index in [0.717, 1.165) is 0 Å². The Morgan fingerprint density at radius 3 is 2.18 bits per heavy atom. The first-order valence-corrected chi connectivity index (χ1v) is 3.65. The summed E-state index contributed by atoms with van der Waals surface area (Å²) in [6.45, 7) is 3.55. The lowest BCUT2D eigenvalue weighted by Crippen LogP contribution is -2.32.